The van der Waals surface area contributed by atoms with Crippen molar-refractivity contribution in [1.82, 2.24) is 0 Å². The average Bonchev–Trinajstić information content (AvgIpc) is 3.87. The molecule has 2 aliphatic heterocycles. The molecule has 2 aliphatic rings. The summed E-state index contributed by atoms with van der Waals surface area (Å²) >= 11 is 0. The number of rotatable bonds is 12. The molecule has 0 saturated carbocycles. The molecule has 11 nitrogen and oxygen atoms in total. The minimum atomic E-state index is -1.36. The van der Waals surface area contributed by atoms with Crippen LogP contribution in [-0.4, -0.2) is 53.3 Å². The second-order valence-corrected chi connectivity index (χ2v) is 16.2. The van der Waals surface area contributed by atoms with Crippen LogP contribution in [0.1, 0.15) is 93.6 Å². The van der Waals surface area contributed by atoms with Crippen LogP contribution in [0.2, 0.25) is 0 Å². The average molecular weight is 799 g/mol. The molecule has 0 bridgehead atoms. The molecular weight excluding hydrogens is 741 g/mol. The van der Waals surface area contributed by atoms with Gasteiger partial charge in [-0.25, -0.2) is 4.79 Å². The highest BCUT2D eigenvalue weighted by molar-refractivity contribution is 6.01. The maximum atomic E-state index is 11.8. The summed E-state index contributed by atoms with van der Waals surface area (Å²) in [5.41, 5.74) is 4.16. The maximum absolute atomic E-state index is 11.8. The van der Waals surface area contributed by atoms with Crippen molar-refractivity contribution in [3.05, 3.63) is 106 Å². The number of furan rings is 2. The second kappa shape index (κ2) is 18.7. The first-order valence-corrected chi connectivity index (χ1v) is 19.7. The van der Waals surface area contributed by atoms with Gasteiger partial charge in [-0.05, 0) is 111 Å². The van der Waals surface area contributed by atoms with Gasteiger partial charge >= 0.3 is 11.6 Å². The molecule has 11 heteroatoms. The van der Waals surface area contributed by atoms with E-state index in [4.69, 9.17) is 47.1 Å². The lowest BCUT2D eigenvalue weighted by Crippen LogP contribution is -2.38. The molecule has 0 aliphatic carbocycles. The number of hydrogen-bond acceptors (Lipinski definition) is 11. The van der Waals surface area contributed by atoms with Crippen LogP contribution < -0.4 is 19.8 Å². The van der Waals surface area contributed by atoms with Crippen molar-refractivity contribution in [2.75, 3.05) is 19.8 Å². The first-order valence-electron chi connectivity index (χ1n) is 19.7. The molecule has 1 spiro atoms. The van der Waals surface area contributed by atoms with Crippen molar-refractivity contribution in [3.8, 4) is 17.2 Å². The van der Waals surface area contributed by atoms with Crippen molar-refractivity contribution in [1.29, 1.82) is 0 Å². The van der Waals surface area contributed by atoms with E-state index in [1.165, 1.54) is 17.2 Å². The van der Waals surface area contributed by atoms with Gasteiger partial charge in [-0.1, -0.05) is 30.1 Å². The second-order valence-electron chi connectivity index (χ2n) is 16.2. The van der Waals surface area contributed by atoms with E-state index < -0.39 is 22.8 Å². The molecule has 0 amide bonds. The van der Waals surface area contributed by atoms with Crippen LogP contribution in [0, 0.1) is 0 Å². The lowest BCUT2D eigenvalue weighted by Gasteiger charge is -2.30. The predicted octanol–water partition coefficient (Wildman–Crippen LogP) is 10.8. The van der Waals surface area contributed by atoms with Gasteiger partial charge in [0.2, 0.25) is 0 Å². The summed E-state index contributed by atoms with van der Waals surface area (Å²) < 4.78 is 48.7. The minimum Gasteiger partial charge on any atom is -0.488 e. The molecule has 312 valence electrons. The van der Waals surface area contributed by atoms with E-state index in [1.807, 2.05) is 64.1 Å². The molecule has 0 radical (unpaired) electrons. The number of ether oxygens (including phenoxy) is 5. The number of benzene rings is 2. The van der Waals surface area contributed by atoms with Crippen LogP contribution in [0.5, 0.6) is 17.2 Å². The topological polar surface area (TPSA) is 143 Å². The normalized spacial score (nSPS) is 18.7. The Bertz CT molecular complexity index is 2340. The maximum Gasteiger partial charge on any atom is 0.350 e. The Hall–Kier alpha value is -5.07. The van der Waals surface area contributed by atoms with Crippen LogP contribution >= 0.6 is 0 Å². The zero-order valence-electron chi connectivity index (χ0n) is 35.2. The van der Waals surface area contributed by atoms with Gasteiger partial charge in [0, 0.05) is 24.3 Å². The van der Waals surface area contributed by atoms with Crippen molar-refractivity contribution in [2.45, 2.75) is 111 Å². The number of aliphatic hydroxyl groups is 2. The third-order valence-corrected chi connectivity index (χ3v) is 9.37. The monoisotopic (exact) mass is 798 g/mol. The van der Waals surface area contributed by atoms with Gasteiger partial charge in [-0.3, -0.25) is 0 Å². The molecule has 1 saturated heterocycles. The molecule has 5 heterocycles. The summed E-state index contributed by atoms with van der Waals surface area (Å²) in [6, 6.07) is 10.4. The number of fused-ring (bicyclic) bond motifs is 4. The smallest absolute Gasteiger partial charge is 0.350 e. The van der Waals surface area contributed by atoms with Gasteiger partial charge in [-0.2, -0.15) is 0 Å². The van der Waals surface area contributed by atoms with E-state index in [2.05, 4.69) is 33.4 Å². The summed E-state index contributed by atoms with van der Waals surface area (Å²) in [4.78, 5) is 11.8. The van der Waals surface area contributed by atoms with Crippen LogP contribution in [0.25, 0.3) is 39.0 Å². The van der Waals surface area contributed by atoms with Crippen molar-refractivity contribution < 1.29 is 47.1 Å². The van der Waals surface area contributed by atoms with Gasteiger partial charge in [0.1, 0.15) is 47.2 Å². The Balaban J connectivity index is 0.000000574. The molecule has 2 N–H and O–H groups in total. The Kier molecular flexibility index (Phi) is 14.2. The Morgan fingerprint density at radius 3 is 2.07 bits per heavy atom. The summed E-state index contributed by atoms with van der Waals surface area (Å²) in [6.45, 7) is 21.6. The van der Waals surface area contributed by atoms with E-state index in [0.29, 0.717) is 59.0 Å². The van der Waals surface area contributed by atoms with E-state index in [0.717, 1.165) is 41.2 Å². The quantitative estimate of drug-likeness (QED) is 0.0919. The third-order valence-electron chi connectivity index (χ3n) is 9.37. The SMILES string of the molecule is C=C(C)C.CC(C)(O)CO.CCC/C(C)=C/COc1c2c(cc3occc13)OC1(C=C2)OC(CC/C(C)=C/COc2c3ccoc3cc3oc(=O)ccc23)C(C)(C)O1. The molecular formula is C47H58O11. The molecule has 2 aromatic carbocycles. The highest BCUT2D eigenvalue weighted by atomic mass is 16.9. The zero-order chi connectivity index (χ0) is 42.3. The van der Waals surface area contributed by atoms with E-state index in [1.54, 1.807) is 38.5 Å². The molecule has 7 rings (SSSR count). The number of allylic oxidation sites excluding steroid dienone is 3. The van der Waals surface area contributed by atoms with Crippen molar-refractivity contribution in [2.24, 2.45) is 0 Å². The fourth-order valence-electron chi connectivity index (χ4n) is 6.42. The minimum absolute atomic E-state index is 0.174. The molecule has 5 aromatic rings. The standard InChI is InChI=1S/C39H40O9.C4H10O2.C4H8/c1-6-7-24(2)13-18-44-37-27-12-17-39(46-33(27)23-31-29(37)16-21-42-31)47-34(38(4,5)48-39)10-8-25(3)14-19-43-36-26-9-11-35(40)45-32(26)22-30-28(36)15-20-41-30;1-4(2,6)3-5;1-4(2)3/h9,11-17,20-23,34H,6-8,10,18-19H2,1-5H3;5-6H,3H2,1-2H3;1H2,2-3H3/b24-13+,25-14+;;. The fraction of sp³-hybridized carbons (Fsp3) is 0.426. The van der Waals surface area contributed by atoms with E-state index in [-0.39, 0.29) is 12.7 Å². The Labute approximate surface area is 340 Å². The first kappa shape index (κ1) is 44.0. The number of hydrogen-bond donors (Lipinski definition) is 2. The van der Waals surface area contributed by atoms with Gasteiger partial charge in [0.05, 0.1) is 58.2 Å². The van der Waals surface area contributed by atoms with Crippen molar-refractivity contribution >= 4 is 39.0 Å². The molecule has 58 heavy (non-hydrogen) atoms. The molecule has 2 atom stereocenters. The lowest BCUT2D eigenvalue weighted by molar-refractivity contribution is -0.270. The van der Waals surface area contributed by atoms with Crippen LogP contribution in [0.4, 0.5) is 0 Å². The van der Waals surface area contributed by atoms with Crippen LogP contribution in [0.3, 0.4) is 0 Å². The molecule has 1 fully saturated rings. The molecule has 2 unspecified atom stereocenters. The third kappa shape index (κ3) is 11.1. The van der Waals surface area contributed by atoms with E-state index in [9.17, 15) is 4.79 Å². The largest absolute Gasteiger partial charge is 0.488 e. The zero-order valence-corrected chi connectivity index (χ0v) is 35.2. The van der Waals surface area contributed by atoms with Gasteiger partial charge in [0.25, 0.3) is 0 Å². The van der Waals surface area contributed by atoms with Gasteiger partial charge in [0.15, 0.2) is 0 Å². The van der Waals surface area contributed by atoms with Crippen LogP contribution in [-0.2, 0) is 9.47 Å². The lowest BCUT2D eigenvalue weighted by atomic mass is 9.96. The van der Waals surface area contributed by atoms with Crippen LogP contribution in [0.15, 0.2) is 108 Å². The van der Waals surface area contributed by atoms with Crippen molar-refractivity contribution in [3.63, 3.8) is 0 Å². The first-order chi connectivity index (χ1) is 27.4. The Morgan fingerprint density at radius 2 is 1.45 bits per heavy atom. The molecule has 3 aromatic heterocycles. The van der Waals surface area contributed by atoms with E-state index >= 15 is 0 Å². The summed E-state index contributed by atoms with van der Waals surface area (Å²) in [7, 11) is 0. The summed E-state index contributed by atoms with van der Waals surface area (Å²) in [6.07, 6.45) is 14.6. The summed E-state index contributed by atoms with van der Waals surface area (Å²) in [5.74, 6) is 0.537. The highest BCUT2D eigenvalue weighted by Gasteiger charge is 2.54. The van der Waals surface area contributed by atoms with Gasteiger partial charge < -0.3 is 47.1 Å². The van der Waals surface area contributed by atoms with Gasteiger partial charge in [-0.15, -0.1) is 6.58 Å². The highest BCUT2D eigenvalue weighted by Crippen LogP contribution is 2.48. The predicted molar refractivity (Wildman–Crippen MR) is 227 cm³/mol. The fourth-order valence-corrected chi connectivity index (χ4v) is 6.42. The number of aliphatic hydroxyl groups excluding tert-OH is 1. The summed E-state index contributed by atoms with van der Waals surface area (Å²) in [5, 5.41) is 19.1. The Morgan fingerprint density at radius 1 is 0.879 bits per heavy atom.